The Morgan fingerprint density at radius 1 is 1.42 bits per heavy atom. The minimum atomic E-state index is 0.00509. The van der Waals surface area contributed by atoms with Crippen LogP contribution in [0.3, 0.4) is 0 Å². The van der Waals surface area contributed by atoms with Gasteiger partial charge in [-0.2, -0.15) is 0 Å². The lowest BCUT2D eigenvalue weighted by atomic mass is 10.00. The van der Waals surface area contributed by atoms with Crippen LogP contribution in [-0.4, -0.2) is 42.2 Å². The first-order valence-electron chi connectivity index (χ1n) is 6.98. The van der Waals surface area contributed by atoms with Crippen molar-refractivity contribution in [2.24, 2.45) is 0 Å². The lowest BCUT2D eigenvalue weighted by Gasteiger charge is -2.37. The van der Waals surface area contributed by atoms with Crippen LogP contribution in [0, 0.1) is 0 Å². The molecule has 4 heteroatoms. The van der Waals surface area contributed by atoms with Gasteiger partial charge in [0, 0.05) is 25.7 Å². The fourth-order valence-electron chi connectivity index (χ4n) is 2.92. The quantitative estimate of drug-likeness (QED) is 0.849. The van der Waals surface area contributed by atoms with Gasteiger partial charge >= 0.3 is 0 Å². The Bertz CT molecular complexity index is 477. The van der Waals surface area contributed by atoms with E-state index in [1.807, 2.05) is 6.07 Å². The highest BCUT2D eigenvalue weighted by Crippen LogP contribution is 2.38. The maximum Gasteiger partial charge on any atom is 0.240 e. The Hall–Kier alpha value is -1.00. The molecule has 3 nitrogen and oxygen atoms in total. The molecule has 2 aliphatic heterocycles. The highest BCUT2D eigenvalue weighted by molar-refractivity contribution is 8.00. The molecule has 2 atom stereocenters. The summed E-state index contributed by atoms with van der Waals surface area (Å²) < 4.78 is 0. The van der Waals surface area contributed by atoms with Gasteiger partial charge in [0.25, 0.3) is 0 Å². The zero-order valence-corrected chi connectivity index (χ0v) is 12.1. The van der Waals surface area contributed by atoms with Gasteiger partial charge in [0.05, 0.1) is 0 Å². The summed E-state index contributed by atoms with van der Waals surface area (Å²) in [7, 11) is 0. The number of rotatable bonds is 1. The minimum absolute atomic E-state index is 0.00509. The van der Waals surface area contributed by atoms with E-state index >= 15 is 0 Å². The molecule has 1 fully saturated rings. The van der Waals surface area contributed by atoms with Crippen molar-refractivity contribution in [1.29, 1.82) is 0 Å². The minimum Gasteiger partial charge on any atom is -0.336 e. The van der Waals surface area contributed by atoms with Crippen LogP contribution in [0.4, 0.5) is 0 Å². The van der Waals surface area contributed by atoms with Gasteiger partial charge in [-0.25, -0.2) is 0 Å². The molecule has 0 bridgehead atoms. The highest BCUT2D eigenvalue weighted by atomic mass is 32.2. The summed E-state index contributed by atoms with van der Waals surface area (Å²) in [6, 6.07) is 8.71. The van der Waals surface area contributed by atoms with E-state index in [-0.39, 0.29) is 5.25 Å². The number of nitrogens with one attached hydrogen (secondary N) is 1. The average Bonchev–Trinajstić information content (AvgIpc) is 2.46. The van der Waals surface area contributed by atoms with Crippen LogP contribution in [0.25, 0.3) is 0 Å². The zero-order valence-electron chi connectivity index (χ0n) is 11.3. The molecular weight excluding hydrogens is 256 g/mol. The van der Waals surface area contributed by atoms with E-state index in [9.17, 15) is 4.79 Å². The molecule has 1 saturated heterocycles. The van der Waals surface area contributed by atoms with Crippen LogP contribution in [0.15, 0.2) is 24.3 Å². The third-order valence-electron chi connectivity index (χ3n) is 4.00. The molecule has 1 N–H and O–H groups in total. The topological polar surface area (TPSA) is 32.3 Å². The van der Waals surface area contributed by atoms with E-state index < -0.39 is 0 Å². The molecular formula is C15H20N2OS. The maximum atomic E-state index is 12.8. The Kier molecular flexibility index (Phi) is 3.80. The summed E-state index contributed by atoms with van der Waals surface area (Å²) in [5.74, 6) is 1.35. The fraction of sp³-hybridized carbons (Fsp3) is 0.533. The molecule has 1 aromatic carbocycles. The van der Waals surface area contributed by atoms with Gasteiger partial charge in [-0.15, -0.1) is 11.8 Å². The Labute approximate surface area is 118 Å². The van der Waals surface area contributed by atoms with E-state index in [0.29, 0.717) is 11.9 Å². The van der Waals surface area contributed by atoms with Crippen molar-refractivity contribution in [3.8, 4) is 0 Å². The summed E-state index contributed by atoms with van der Waals surface area (Å²) >= 11 is 1.80. The van der Waals surface area contributed by atoms with Gasteiger partial charge < -0.3 is 10.2 Å². The second-order valence-electron chi connectivity index (χ2n) is 5.28. The highest BCUT2D eigenvalue weighted by Gasteiger charge is 2.33. The smallest absolute Gasteiger partial charge is 0.240 e. The number of hydrogen-bond donors (Lipinski definition) is 1. The summed E-state index contributed by atoms with van der Waals surface area (Å²) in [6.07, 6.45) is 1.09. The first-order valence-corrected chi connectivity index (χ1v) is 8.03. The molecule has 0 radical (unpaired) electrons. The third kappa shape index (κ3) is 2.51. The van der Waals surface area contributed by atoms with Crippen LogP contribution in [0.1, 0.15) is 23.3 Å². The van der Waals surface area contributed by atoms with Crippen LogP contribution in [0.5, 0.6) is 0 Å². The molecule has 0 spiro atoms. The Balaban J connectivity index is 1.84. The molecule has 2 heterocycles. The molecule has 0 aromatic heterocycles. The van der Waals surface area contributed by atoms with Gasteiger partial charge in [0.1, 0.15) is 5.25 Å². The Morgan fingerprint density at radius 2 is 2.26 bits per heavy atom. The van der Waals surface area contributed by atoms with Crippen molar-refractivity contribution < 1.29 is 4.79 Å². The van der Waals surface area contributed by atoms with E-state index in [0.717, 1.165) is 31.8 Å². The number of aryl methyl sites for hydroxylation is 1. The predicted octanol–water partition coefficient (Wildman–Crippen LogP) is 1.84. The second-order valence-corrected chi connectivity index (χ2v) is 6.50. The number of thioether (sulfide) groups is 1. The number of fused-ring (bicyclic) bond motifs is 1. The second kappa shape index (κ2) is 5.55. The molecule has 3 rings (SSSR count). The molecule has 0 aliphatic carbocycles. The van der Waals surface area contributed by atoms with Crippen LogP contribution in [-0.2, 0) is 11.2 Å². The molecule has 19 heavy (non-hydrogen) atoms. The van der Waals surface area contributed by atoms with E-state index in [4.69, 9.17) is 0 Å². The molecule has 1 aromatic rings. The summed E-state index contributed by atoms with van der Waals surface area (Å²) in [4.78, 5) is 14.9. The largest absolute Gasteiger partial charge is 0.336 e. The van der Waals surface area contributed by atoms with Gasteiger partial charge in [0.15, 0.2) is 0 Å². The van der Waals surface area contributed by atoms with E-state index in [2.05, 4.69) is 35.3 Å². The number of nitrogens with zero attached hydrogens (tertiary/aromatic N) is 1. The van der Waals surface area contributed by atoms with Crippen LogP contribution in [0.2, 0.25) is 0 Å². The van der Waals surface area contributed by atoms with Crippen LogP contribution >= 0.6 is 11.8 Å². The Morgan fingerprint density at radius 3 is 3.11 bits per heavy atom. The van der Waals surface area contributed by atoms with Crippen molar-refractivity contribution in [3.05, 3.63) is 35.4 Å². The normalized spacial score (nSPS) is 26.9. The van der Waals surface area contributed by atoms with Crippen molar-refractivity contribution >= 4 is 17.7 Å². The van der Waals surface area contributed by atoms with E-state index in [1.54, 1.807) is 11.8 Å². The number of benzene rings is 1. The predicted molar refractivity (Wildman–Crippen MR) is 79.4 cm³/mol. The molecule has 1 amide bonds. The van der Waals surface area contributed by atoms with Crippen molar-refractivity contribution in [1.82, 2.24) is 10.2 Å². The summed E-state index contributed by atoms with van der Waals surface area (Å²) in [5, 5.41) is 3.35. The first-order chi connectivity index (χ1) is 9.27. The monoisotopic (exact) mass is 276 g/mol. The molecule has 2 aliphatic rings. The molecule has 0 unspecified atom stereocenters. The van der Waals surface area contributed by atoms with Crippen molar-refractivity contribution in [2.45, 2.75) is 24.6 Å². The summed E-state index contributed by atoms with van der Waals surface area (Å²) in [6.45, 7) is 4.78. The molecule has 102 valence electrons. The van der Waals surface area contributed by atoms with Crippen LogP contribution < -0.4 is 5.32 Å². The number of piperazine rings is 1. The summed E-state index contributed by atoms with van der Waals surface area (Å²) in [5.41, 5.74) is 2.58. The lowest BCUT2D eigenvalue weighted by Crippen LogP contribution is -2.53. The first kappa shape index (κ1) is 13.0. The van der Waals surface area contributed by atoms with Gasteiger partial charge in [-0.1, -0.05) is 24.3 Å². The van der Waals surface area contributed by atoms with Gasteiger partial charge in [0.2, 0.25) is 5.91 Å². The van der Waals surface area contributed by atoms with Gasteiger partial charge in [-0.3, -0.25) is 4.79 Å². The number of amides is 1. The third-order valence-corrected chi connectivity index (χ3v) is 5.23. The zero-order chi connectivity index (χ0) is 13.2. The number of hydrogen-bond acceptors (Lipinski definition) is 3. The van der Waals surface area contributed by atoms with Gasteiger partial charge in [-0.05, 0) is 30.2 Å². The maximum absolute atomic E-state index is 12.8. The average molecular weight is 276 g/mol. The molecule has 0 saturated carbocycles. The van der Waals surface area contributed by atoms with E-state index in [1.165, 1.54) is 11.1 Å². The lowest BCUT2D eigenvalue weighted by molar-refractivity contribution is -0.133. The number of carbonyl (C=O) groups excluding carboxylic acids is 1. The fourth-order valence-corrected chi connectivity index (χ4v) is 4.18. The SMILES string of the molecule is C[C@H]1CNCCN1C(=O)[C@@H]1SCCc2ccccc21. The van der Waals surface area contributed by atoms with Crippen molar-refractivity contribution in [2.75, 3.05) is 25.4 Å². The van der Waals surface area contributed by atoms with Crippen molar-refractivity contribution in [3.63, 3.8) is 0 Å². The standard InChI is InChI=1S/C15H20N2OS/c1-11-10-16-7-8-17(11)15(18)14-13-5-3-2-4-12(13)6-9-19-14/h2-5,11,14,16H,6-10H2,1H3/t11-,14+/m0/s1. The number of carbonyl (C=O) groups is 1.